The van der Waals surface area contributed by atoms with E-state index >= 15 is 0 Å². The Balaban J connectivity index is 2.23. The maximum atomic E-state index is 11.7. The van der Waals surface area contributed by atoms with E-state index in [0.717, 1.165) is 25.9 Å². The molecule has 0 aliphatic heterocycles. The van der Waals surface area contributed by atoms with Crippen LogP contribution in [0.3, 0.4) is 0 Å². The molecular formula is C15H24N2O2. The van der Waals surface area contributed by atoms with E-state index in [9.17, 15) is 4.79 Å². The van der Waals surface area contributed by atoms with Crippen molar-refractivity contribution >= 4 is 5.97 Å². The van der Waals surface area contributed by atoms with Gasteiger partial charge in [-0.05, 0) is 31.0 Å². The van der Waals surface area contributed by atoms with Gasteiger partial charge in [-0.25, -0.2) is 4.79 Å². The number of nitrogens with two attached hydrogens (primary N) is 1. The number of hydrogen-bond acceptors (Lipinski definition) is 4. The van der Waals surface area contributed by atoms with Crippen molar-refractivity contribution in [3.05, 3.63) is 35.9 Å². The van der Waals surface area contributed by atoms with Crippen LogP contribution in [-0.4, -0.2) is 32.2 Å². The van der Waals surface area contributed by atoms with Gasteiger partial charge in [0.2, 0.25) is 0 Å². The number of carbonyl (C=O) groups is 1. The molecule has 0 spiro atoms. The van der Waals surface area contributed by atoms with Crippen LogP contribution in [0.2, 0.25) is 0 Å². The summed E-state index contributed by atoms with van der Waals surface area (Å²) in [4.78, 5) is 11.7. The lowest BCUT2D eigenvalue weighted by Crippen LogP contribution is -2.28. The van der Waals surface area contributed by atoms with Crippen LogP contribution in [0.5, 0.6) is 0 Å². The van der Waals surface area contributed by atoms with Crippen molar-refractivity contribution in [3.63, 3.8) is 0 Å². The zero-order valence-corrected chi connectivity index (χ0v) is 11.6. The van der Waals surface area contributed by atoms with E-state index in [2.05, 4.69) is 12.2 Å². The van der Waals surface area contributed by atoms with Crippen LogP contribution >= 0.6 is 0 Å². The van der Waals surface area contributed by atoms with Crippen molar-refractivity contribution in [2.45, 2.75) is 19.8 Å². The van der Waals surface area contributed by atoms with E-state index in [4.69, 9.17) is 10.5 Å². The smallest absolute Gasteiger partial charge is 0.338 e. The molecule has 19 heavy (non-hydrogen) atoms. The minimum atomic E-state index is -0.245. The fourth-order valence-electron chi connectivity index (χ4n) is 1.83. The molecule has 4 nitrogen and oxygen atoms in total. The van der Waals surface area contributed by atoms with Crippen molar-refractivity contribution in [2.24, 2.45) is 11.7 Å². The summed E-state index contributed by atoms with van der Waals surface area (Å²) in [6, 6.07) is 9.09. The Morgan fingerprint density at radius 3 is 2.74 bits per heavy atom. The molecule has 0 bridgehead atoms. The lowest BCUT2D eigenvalue weighted by molar-refractivity contribution is 0.0481. The van der Waals surface area contributed by atoms with Gasteiger partial charge in [-0.3, -0.25) is 0 Å². The minimum absolute atomic E-state index is 0.245. The van der Waals surface area contributed by atoms with E-state index in [1.165, 1.54) is 0 Å². The first-order valence-electron chi connectivity index (χ1n) is 6.90. The molecule has 1 unspecified atom stereocenters. The molecule has 0 aliphatic rings. The first-order chi connectivity index (χ1) is 9.27. The highest BCUT2D eigenvalue weighted by Gasteiger charge is 2.09. The molecule has 0 aliphatic carbocycles. The van der Waals surface area contributed by atoms with Crippen molar-refractivity contribution in [1.29, 1.82) is 0 Å². The molecule has 1 aromatic carbocycles. The Morgan fingerprint density at radius 1 is 1.37 bits per heavy atom. The Bertz CT molecular complexity index is 354. The van der Waals surface area contributed by atoms with E-state index in [1.807, 2.05) is 18.2 Å². The van der Waals surface area contributed by atoms with Crippen LogP contribution in [0.25, 0.3) is 0 Å². The quantitative estimate of drug-likeness (QED) is 0.527. The Labute approximate surface area is 115 Å². The molecule has 0 aromatic heterocycles. The molecule has 0 saturated heterocycles. The van der Waals surface area contributed by atoms with Gasteiger partial charge in [0.15, 0.2) is 0 Å². The Morgan fingerprint density at radius 2 is 2.11 bits per heavy atom. The standard InChI is InChI=1S/C15H24N2O2/c1-2-13(12-17-10-9-16)8-11-19-15(18)14-6-4-3-5-7-14/h3-7,13,17H,2,8-12,16H2,1H3. The summed E-state index contributed by atoms with van der Waals surface area (Å²) >= 11 is 0. The van der Waals surface area contributed by atoms with Crippen LogP contribution < -0.4 is 11.1 Å². The van der Waals surface area contributed by atoms with Gasteiger partial charge in [0.05, 0.1) is 12.2 Å². The van der Waals surface area contributed by atoms with Crippen LogP contribution in [0, 0.1) is 5.92 Å². The van der Waals surface area contributed by atoms with Crippen molar-refractivity contribution < 1.29 is 9.53 Å². The van der Waals surface area contributed by atoms with Gasteiger partial charge in [0.25, 0.3) is 0 Å². The summed E-state index contributed by atoms with van der Waals surface area (Å²) in [6.45, 7) is 5.03. The minimum Gasteiger partial charge on any atom is -0.462 e. The number of ether oxygens (including phenoxy) is 1. The number of nitrogens with one attached hydrogen (secondary N) is 1. The van der Waals surface area contributed by atoms with Crippen LogP contribution in [0.1, 0.15) is 30.1 Å². The number of hydrogen-bond donors (Lipinski definition) is 2. The molecule has 3 N–H and O–H groups in total. The molecular weight excluding hydrogens is 240 g/mol. The molecule has 1 rings (SSSR count). The second-order valence-corrected chi connectivity index (χ2v) is 4.56. The van der Waals surface area contributed by atoms with Crippen LogP contribution in [-0.2, 0) is 4.74 Å². The first kappa shape index (κ1) is 15.7. The van der Waals surface area contributed by atoms with Gasteiger partial charge in [-0.1, -0.05) is 31.5 Å². The molecule has 0 amide bonds. The van der Waals surface area contributed by atoms with Crippen LogP contribution in [0.15, 0.2) is 30.3 Å². The molecule has 0 fully saturated rings. The highest BCUT2D eigenvalue weighted by atomic mass is 16.5. The summed E-state index contributed by atoms with van der Waals surface area (Å²) in [5.41, 5.74) is 6.04. The molecule has 4 heteroatoms. The van der Waals surface area contributed by atoms with E-state index in [1.54, 1.807) is 12.1 Å². The van der Waals surface area contributed by atoms with E-state index in [0.29, 0.717) is 24.6 Å². The maximum absolute atomic E-state index is 11.7. The lowest BCUT2D eigenvalue weighted by Gasteiger charge is -2.15. The van der Waals surface area contributed by atoms with Crippen molar-refractivity contribution in [1.82, 2.24) is 5.32 Å². The largest absolute Gasteiger partial charge is 0.462 e. The predicted octanol–water partition coefficient (Wildman–Crippen LogP) is 1.81. The van der Waals surface area contributed by atoms with Gasteiger partial charge >= 0.3 is 5.97 Å². The normalized spacial score (nSPS) is 12.1. The van der Waals surface area contributed by atoms with Gasteiger partial charge in [0, 0.05) is 13.1 Å². The molecule has 0 saturated carbocycles. The monoisotopic (exact) mass is 264 g/mol. The third-order valence-corrected chi connectivity index (χ3v) is 3.10. The average molecular weight is 264 g/mol. The highest BCUT2D eigenvalue weighted by molar-refractivity contribution is 5.89. The number of carbonyl (C=O) groups excluding carboxylic acids is 1. The summed E-state index contributed by atoms with van der Waals surface area (Å²) in [6.07, 6.45) is 1.95. The van der Waals surface area contributed by atoms with Gasteiger partial charge in [0.1, 0.15) is 0 Å². The molecule has 1 atom stereocenters. The van der Waals surface area contributed by atoms with Gasteiger partial charge in [-0.2, -0.15) is 0 Å². The summed E-state index contributed by atoms with van der Waals surface area (Å²) in [5, 5.41) is 3.29. The fourth-order valence-corrected chi connectivity index (χ4v) is 1.83. The fraction of sp³-hybridized carbons (Fsp3) is 0.533. The molecule has 0 radical (unpaired) electrons. The number of rotatable bonds is 9. The Hall–Kier alpha value is -1.39. The van der Waals surface area contributed by atoms with Crippen molar-refractivity contribution in [2.75, 3.05) is 26.2 Å². The molecule has 0 heterocycles. The third kappa shape index (κ3) is 6.36. The maximum Gasteiger partial charge on any atom is 0.338 e. The second kappa shape index (κ2) is 9.53. The molecule has 106 valence electrons. The topological polar surface area (TPSA) is 64.3 Å². The van der Waals surface area contributed by atoms with E-state index < -0.39 is 0 Å². The van der Waals surface area contributed by atoms with E-state index in [-0.39, 0.29) is 5.97 Å². The van der Waals surface area contributed by atoms with Crippen LogP contribution in [0.4, 0.5) is 0 Å². The summed E-state index contributed by atoms with van der Waals surface area (Å²) in [7, 11) is 0. The number of benzene rings is 1. The number of esters is 1. The first-order valence-corrected chi connectivity index (χ1v) is 6.90. The Kier molecular flexibility index (Phi) is 7.86. The summed E-state index contributed by atoms with van der Waals surface area (Å²) in [5.74, 6) is 0.278. The van der Waals surface area contributed by atoms with Gasteiger partial charge < -0.3 is 15.8 Å². The summed E-state index contributed by atoms with van der Waals surface area (Å²) < 4.78 is 5.28. The second-order valence-electron chi connectivity index (χ2n) is 4.56. The van der Waals surface area contributed by atoms with Crippen molar-refractivity contribution in [3.8, 4) is 0 Å². The predicted molar refractivity (Wildman–Crippen MR) is 77.0 cm³/mol. The third-order valence-electron chi connectivity index (χ3n) is 3.10. The lowest BCUT2D eigenvalue weighted by atomic mass is 10.0. The SMILES string of the molecule is CCC(CCOC(=O)c1ccccc1)CNCCN. The zero-order valence-electron chi connectivity index (χ0n) is 11.6. The zero-order chi connectivity index (χ0) is 13.9. The highest BCUT2D eigenvalue weighted by Crippen LogP contribution is 2.08. The van der Waals surface area contributed by atoms with Gasteiger partial charge in [-0.15, -0.1) is 0 Å². The molecule has 1 aromatic rings. The average Bonchev–Trinajstić information content (AvgIpc) is 2.46.